The highest BCUT2D eigenvalue weighted by molar-refractivity contribution is 5.98. The molecule has 5 heteroatoms. The molecule has 0 bridgehead atoms. The van der Waals surface area contributed by atoms with Crippen molar-refractivity contribution in [2.24, 2.45) is 5.16 Å². The van der Waals surface area contributed by atoms with E-state index in [1.165, 1.54) is 6.07 Å². The molecule has 1 rings (SSSR count). The molecule has 0 amide bonds. The van der Waals surface area contributed by atoms with E-state index in [-0.39, 0.29) is 5.69 Å². The summed E-state index contributed by atoms with van der Waals surface area (Å²) in [5, 5.41) is 22.1. The molecular formula is C9H10N2O3. The van der Waals surface area contributed by atoms with Crippen LogP contribution in [0.2, 0.25) is 0 Å². The van der Waals surface area contributed by atoms with Crippen molar-refractivity contribution in [2.75, 3.05) is 0 Å². The minimum atomic E-state index is -0.455. The van der Waals surface area contributed by atoms with Crippen molar-refractivity contribution >= 4 is 11.4 Å². The van der Waals surface area contributed by atoms with Gasteiger partial charge in [0, 0.05) is 17.2 Å². The lowest BCUT2D eigenvalue weighted by atomic mass is 10.1. The van der Waals surface area contributed by atoms with E-state index in [1.807, 2.05) is 0 Å². The number of nitro groups is 1. The molecule has 0 spiro atoms. The summed E-state index contributed by atoms with van der Waals surface area (Å²) in [6, 6.07) is 4.70. The summed E-state index contributed by atoms with van der Waals surface area (Å²) in [5.41, 5.74) is 1.52. The van der Waals surface area contributed by atoms with Gasteiger partial charge in [-0.2, -0.15) is 0 Å². The zero-order valence-electron chi connectivity index (χ0n) is 7.89. The molecule has 0 aliphatic rings. The van der Waals surface area contributed by atoms with Crippen molar-refractivity contribution in [3.8, 4) is 0 Å². The van der Waals surface area contributed by atoms with Gasteiger partial charge in [-0.15, -0.1) is 0 Å². The molecule has 74 valence electrons. The second-order valence-electron chi connectivity index (χ2n) is 2.94. The molecule has 1 aromatic carbocycles. The molecule has 0 aromatic heterocycles. The fraction of sp³-hybridized carbons (Fsp3) is 0.222. The largest absolute Gasteiger partial charge is 0.411 e. The third-order valence-electron chi connectivity index (χ3n) is 1.97. The first kappa shape index (κ1) is 10.2. The SMILES string of the molecule is CC(=NO)c1ccc(C)c([N+](=O)[O-])c1. The van der Waals surface area contributed by atoms with Crippen molar-refractivity contribution < 1.29 is 10.1 Å². The predicted octanol–water partition coefficient (Wildman–Crippen LogP) is 2.10. The van der Waals surface area contributed by atoms with E-state index in [9.17, 15) is 10.1 Å². The minimum absolute atomic E-state index is 0.0329. The van der Waals surface area contributed by atoms with Gasteiger partial charge in [-0.25, -0.2) is 0 Å². The Kier molecular flexibility index (Phi) is 2.81. The molecule has 5 nitrogen and oxygen atoms in total. The molecule has 0 radical (unpaired) electrons. The van der Waals surface area contributed by atoms with Crippen molar-refractivity contribution in [3.05, 3.63) is 39.4 Å². The minimum Gasteiger partial charge on any atom is -0.411 e. The third kappa shape index (κ3) is 1.87. The second kappa shape index (κ2) is 3.87. The molecule has 0 saturated heterocycles. The van der Waals surface area contributed by atoms with Gasteiger partial charge in [-0.05, 0) is 13.8 Å². The van der Waals surface area contributed by atoms with E-state index in [4.69, 9.17) is 5.21 Å². The molecule has 1 N–H and O–H groups in total. The predicted molar refractivity (Wildman–Crippen MR) is 51.8 cm³/mol. The Balaban J connectivity index is 3.26. The number of hydrogen-bond donors (Lipinski definition) is 1. The summed E-state index contributed by atoms with van der Waals surface area (Å²) in [6.07, 6.45) is 0. The average molecular weight is 194 g/mol. The average Bonchev–Trinajstić information content (AvgIpc) is 2.17. The summed E-state index contributed by atoms with van der Waals surface area (Å²) in [6.45, 7) is 3.24. The molecule has 0 aliphatic heterocycles. The second-order valence-corrected chi connectivity index (χ2v) is 2.94. The van der Waals surface area contributed by atoms with E-state index in [0.717, 1.165) is 0 Å². The quantitative estimate of drug-likeness (QED) is 0.339. The van der Waals surface area contributed by atoms with Crippen LogP contribution < -0.4 is 0 Å². The lowest BCUT2D eigenvalue weighted by Crippen LogP contribution is -1.98. The molecule has 14 heavy (non-hydrogen) atoms. The number of hydrogen-bond acceptors (Lipinski definition) is 4. The smallest absolute Gasteiger partial charge is 0.272 e. The number of nitrogens with zero attached hydrogens (tertiary/aromatic N) is 2. The fourth-order valence-corrected chi connectivity index (χ4v) is 1.09. The van der Waals surface area contributed by atoms with Crippen LogP contribution >= 0.6 is 0 Å². The van der Waals surface area contributed by atoms with Gasteiger partial charge in [0.1, 0.15) is 0 Å². The van der Waals surface area contributed by atoms with E-state index in [0.29, 0.717) is 16.8 Å². The number of rotatable bonds is 2. The number of aryl methyl sites for hydroxylation is 1. The van der Waals surface area contributed by atoms with Gasteiger partial charge in [0.2, 0.25) is 0 Å². The molecule has 0 heterocycles. The highest BCUT2D eigenvalue weighted by Gasteiger charge is 2.11. The Bertz CT molecular complexity index is 399. The Labute approximate surface area is 80.8 Å². The van der Waals surface area contributed by atoms with Gasteiger partial charge in [-0.1, -0.05) is 17.3 Å². The van der Waals surface area contributed by atoms with Crippen LogP contribution in [0.3, 0.4) is 0 Å². The summed E-state index contributed by atoms with van der Waals surface area (Å²) in [7, 11) is 0. The lowest BCUT2D eigenvalue weighted by Gasteiger charge is -2.00. The lowest BCUT2D eigenvalue weighted by molar-refractivity contribution is -0.385. The van der Waals surface area contributed by atoms with E-state index < -0.39 is 4.92 Å². The first-order chi connectivity index (χ1) is 6.56. The number of nitro benzene ring substituents is 1. The summed E-state index contributed by atoms with van der Waals surface area (Å²) in [4.78, 5) is 10.1. The maximum atomic E-state index is 10.6. The molecule has 0 saturated carbocycles. The van der Waals surface area contributed by atoms with Gasteiger partial charge >= 0.3 is 0 Å². The van der Waals surface area contributed by atoms with Gasteiger partial charge in [0.15, 0.2) is 0 Å². The number of oxime groups is 1. The van der Waals surface area contributed by atoms with Crippen molar-refractivity contribution in [2.45, 2.75) is 13.8 Å². The van der Waals surface area contributed by atoms with Crippen LogP contribution in [0.4, 0.5) is 5.69 Å². The van der Waals surface area contributed by atoms with Crippen LogP contribution in [0.1, 0.15) is 18.1 Å². The van der Waals surface area contributed by atoms with Crippen LogP contribution in [0.25, 0.3) is 0 Å². The van der Waals surface area contributed by atoms with Crippen molar-refractivity contribution in [3.63, 3.8) is 0 Å². The summed E-state index contributed by atoms with van der Waals surface area (Å²) < 4.78 is 0. The fourth-order valence-electron chi connectivity index (χ4n) is 1.09. The van der Waals surface area contributed by atoms with Crippen LogP contribution in [0.15, 0.2) is 23.4 Å². The topological polar surface area (TPSA) is 75.7 Å². The maximum Gasteiger partial charge on any atom is 0.272 e. The van der Waals surface area contributed by atoms with Gasteiger partial charge < -0.3 is 5.21 Å². The third-order valence-corrected chi connectivity index (χ3v) is 1.97. The monoisotopic (exact) mass is 194 g/mol. The Morgan fingerprint density at radius 2 is 2.21 bits per heavy atom. The summed E-state index contributed by atoms with van der Waals surface area (Å²) >= 11 is 0. The normalized spacial score (nSPS) is 11.4. The zero-order valence-corrected chi connectivity index (χ0v) is 7.89. The Morgan fingerprint density at radius 3 is 2.71 bits per heavy atom. The molecule has 1 aromatic rings. The van der Waals surface area contributed by atoms with Gasteiger partial charge in [-0.3, -0.25) is 10.1 Å². The van der Waals surface area contributed by atoms with Crippen LogP contribution in [0.5, 0.6) is 0 Å². The summed E-state index contributed by atoms with van der Waals surface area (Å²) in [5.74, 6) is 0. The first-order valence-electron chi connectivity index (χ1n) is 4.00. The standard InChI is InChI=1S/C9H10N2O3/c1-6-3-4-8(7(2)10-12)5-9(6)11(13)14/h3-5,12H,1-2H3. The highest BCUT2D eigenvalue weighted by atomic mass is 16.6. The highest BCUT2D eigenvalue weighted by Crippen LogP contribution is 2.19. The van der Waals surface area contributed by atoms with Crippen LogP contribution in [-0.4, -0.2) is 15.8 Å². The first-order valence-corrected chi connectivity index (χ1v) is 4.00. The molecule has 0 fully saturated rings. The van der Waals surface area contributed by atoms with E-state index in [2.05, 4.69) is 5.16 Å². The Morgan fingerprint density at radius 1 is 1.57 bits per heavy atom. The number of benzene rings is 1. The van der Waals surface area contributed by atoms with Crippen LogP contribution in [0, 0.1) is 17.0 Å². The molecular weight excluding hydrogens is 184 g/mol. The molecule has 0 unspecified atom stereocenters. The van der Waals surface area contributed by atoms with E-state index >= 15 is 0 Å². The van der Waals surface area contributed by atoms with Crippen molar-refractivity contribution in [1.29, 1.82) is 0 Å². The van der Waals surface area contributed by atoms with E-state index in [1.54, 1.807) is 26.0 Å². The zero-order chi connectivity index (χ0) is 10.7. The Hall–Kier alpha value is -1.91. The van der Waals surface area contributed by atoms with Gasteiger partial charge in [0.05, 0.1) is 10.6 Å². The maximum absolute atomic E-state index is 10.6. The van der Waals surface area contributed by atoms with Crippen molar-refractivity contribution in [1.82, 2.24) is 0 Å². The van der Waals surface area contributed by atoms with Gasteiger partial charge in [0.25, 0.3) is 5.69 Å². The molecule has 0 atom stereocenters. The van der Waals surface area contributed by atoms with Crippen LogP contribution in [-0.2, 0) is 0 Å². The molecule has 0 aliphatic carbocycles.